The lowest BCUT2D eigenvalue weighted by Crippen LogP contribution is -2.33. The number of aromatic nitrogens is 2. The maximum Gasteiger partial charge on any atom is 0.224 e. The normalized spacial score (nSPS) is 16.6. The molecule has 4 rings (SSSR count). The van der Waals surface area contributed by atoms with Gasteiger partial charge in [0.1, 0.15) is 5.65 Å². The fourth-order valence-corrected chi connectivity index (χ4v) is 3.53. The highest BCUT2D eigenvalue weighted by Gasteiger charge is 2.29. The average molecular weight is 321 g/mol. The van der Waals surface area contributed by atoms with Gasteiger partial charge in [0.25, 0.3) is 0 Å². The minimum atomic E-state index is 0.0102. The summed E-state index contributed by atoms with van der Waals surface area (Å²) < 4.78 is 1.95. The number of carbonyl (C=O) groups excluding carboxylic acids is 1. The van der Waals surface area contributed by atoms with E-state index in [-0.39, 0.29) is 18.6 Å². The number of nitrogens with zero attached hydrogens (tertiary/aromatic N) is 3. The number of fused-ring (bicyclic) bond motifs is 2. The highest BCUT2D eigenvalue weighted by atomic mass is 16.3. The number of hydrogen-bond donors (Lipinski definition) is 1. The molecule has 0 bridgehead atoms. The van der Waals surface area contributed by atoms with Crippen LogP contribution >= 0.6 is 0 Å². The monoisotopic (exact) mass is 321 g/mol. The van der Waals surface area contributed by atoms with E-state index in [1.54, 1.807) is 6.92 Å². The van der Waals surface area contributed by atoms with Gasteiger partial charge in [0.15, 0.2) is 0 Å². The number of imidazole rings is 1. The van der Waals surface area contributed by atoms with Crippen molar-refractivity contribution < 1.29 is 9.90 Å². The number of amides is 1. The van der Waals surface area contributed by atoms with E-state index < -0.39 is 0 Å². The Hall–Kier alpha value is -2.66. The summed E-state index contributed by atoms with van der Waals surface area (Å²) in [5.74, 6) is 0.0817. The van der Waals surface area contributed by atoms with Crippen LogP contribution in [0.5, 0.6) is 0 Å². The number of anilines is 1. The summed E-state index contributed by atoms with van der Waals surface area (Å²) in [6.07, 6.45) is 4.76. The van der Waals surface area contributed by atoms with Crippen LogP contribution in [-0.2, 0) is 17.8 Å². The Morgan fingerprint density at radius 2 is 2.17 bits per heavy atom. The molecule has 1 N–H and O–H groups in total. The molecule has 0 saturated carbocycles. The Balaban J connectivity index is 1.76. The van der Waals surface area contributed by atoms with Gasteiger partial charge in [-0.15, -0.1) is 0 Å². The first-order valence-corrected chi connectivity index (χ1v) is 8.08. The smallest absolute Gasteiger partial charge is 0.224 e. The van der Waals surface area contributed by atoms with Gasteiger partial charge in [0.05, 0.1) is 12.3 Å². The van der Waals surface area contributed by atoms with Gasteiger partial charge in [-0.25, -0.2) is 4.98 Å². The Morgan fingerprint density at radius 3 is 2.92 bits per heavy atom. The number of hydrogen-bond acceptors (Lipinski definition) is 3. The van der Waals surface area contributed by atoms with Crippen molar-refractivity contribution in [1.29, 1.82) is 0 Å². The molecule has 1 aliphatic rings. The molecule has 0 aliphatic carbocycles. The molecule has 0 radical (unpaired) electrons. The SMILES string of the molecule is CC(=O)N1c2ccc(-c3cn4ccc(CO)cc4n3)cc2CC1C. The molecule has 1 aliphatic heterocycles. The first-order chi connectivity index (χ1) is 11.6. The summed E-state index contributed by atoms with van der Waals surface area (Å²) in [4.78, 5) is 18.4. The van der Waals surface area contributed by atoms with Gasteiger partial charge in [-0.1, -0.05) is 6.07 Å². The van der Waals surface area contributed by atoms with Gasteiger partial charge in [-0.2, -0.15) is 0 Å². The zero-order chi connectivity index (χ0) is 16.8. The van der Waals surface area contributed by atoms with Crippen LogP contribution in [0.4, 0.5) is 5.69 Å². The third-order valence-corrected chi connectivity index (χ3v) is 4.64. The van der Waals surface area contributed by atoms with E-state index in [0.29, 0.717) is 0 Å². The molecule has 5 nitrogen and oxygen atoms in total. The molecular weight excluding hydrogens is 302 g/mol. The molecule has 2 aromatic heterocycles. The predicted molar refractivity (Wildman–Crippen MR) is 92.9 cm³/mol. The minimum Gasteiger partial charge on any atom is -0.392 e. The van der Waals surface area contributed by atoms with Gasteiger partial charge in [0.2, 0.25) is 5.91 Å². The number of aliphatic hydroxyl groups is 1. The van der Waals surface area contributed by atoms with Crippen molar-refractivity contribution >= 4 is 17.2 Å². The third-order valence-electron chi connectivity index (χ3n) is 4.64. The second-order valence-electron chi connectivity index (χ2n) is 6.37. The Bertz CT molecular complexity index is 945. The summed E-state index contributed by atoms with van der Waals surface area (Å²) in [6.45, 7) is 3.69. The molecule has 24 heavy (non-hydrogen) atoms. The second kappa shape index (κ2) is 5.46. The highest BCUT2D eigenvalue weighted by Crippen LogP contribution is 2.35. The predicted octanol–water partition coefficient (Wildman–Crippen LogP) is 2.79. The molecule has 0 fully saturated rings. The number of benzene rings is 1. The molecule has 1 unspecified atom stereocenters. The van der Waals surface area contributed by atoms with Crippen LogP contribution in [0.15, 0.2) is 42.7 Å². The zero-order valence-corrected chi connectivity index (χ0v) is 13.7. The summed E-state index contributed by atoms with van der Waals surface area (Å²) in [6, 6.07) is 10.1. The number of carbonyl (C=O) groups is 1. The van der Waals surface area contributed by atoms with E-state index in [1.165, 1.54) is 5.56 Å². The van der Waals surface area contributed by atoms with E-state index >= 15 is 0 Å². The molecule has 1 aromatic carbocycles. The van der Waals surface area contributed by atoms with Crippen molar-refractivity contribution in [2.24, 2.45) is 0 Å². The van der Waals surface area contributed by atoms with Gasteiger partial charge >= 0.3 is 0 Å². The molecule has 5 heteroatoms. The lowest BCUT2D eigenvalue weighted by molar-refractivity contribution is -0.116. The van der Waals surface area contributed by atoms with Gasteiger partial charge in [-0.05, 0) is 48.7 Å². The topological polar surface area (TPSA) is 57.8 Å². The van der Waals surface area contributed by atoms with Crippen LogP contribution in [0, 0.1) is 0 Å². The van der Waals surface area contributed by atoms with Crippen LogP contribution < -0.4 is 4.90 Å². The molecular formula is C19H19N3O2. The van der Waals surface area contributed by atoms with Crippen molar-refractivity contribution in [2.45, 2.75) is 32.9 Å². The standard InChI is InChI=1S/C19H19N3O2/c1-12-7-16-9-15(3-4-18(16)22(12)13(2)24)17-10-21-6-5-14(11-23)8-19(21)20-17/h3-6,8-10,12,23H,7,11H2,1-2H3. The van der Waals surface area contributed by atoms with Crippen molar-refractivity contribution in [3.63, 3.8) is 0 Å². The maximum atomic E-state index is 11.8. The largest absolute Gasteiger partial charge is 0.392 e. The van der Waals surface area contributed by atoms with Crippen LogP contribution in [0.3, 0.4) is 0 Å². The summed E-state index contributed by atoms with van der Waals surface area (Å²) >= 11 is 0. The molecule has 3 heterocycles. The highest BCUT2D eigenvalue weighted by molar-refractivity contribution is 5.95. The fraction of sp³-hybridized carbons (Fsp3) is 0.263. The fourth-order valence-electron chi connectivity index (χ4n) is 3.53. The van der Waals surface area contributed by atoms with Gasteiger partial charge in [0, 0.05) is 36.6 Å². The van der Waals surface area contributed by atoms with E-state index in [9.17, 15) is 9.90 Å². The quantitative estimate of drug-likeness (QED) is 0.789. The van der Waals surface area contributed by atoms with Crippen molar-refractivity contribution in [1.82, 2.24) is 9.38 Å². The van der Waals surface area contributed by atoms with Crippen LogP contribution in [0.25, 0.3) is 16.9 Å². The molecule has 122 valence electrons. The van der Waals surface area contributed by atoms with Gasteiger partial charge < -0.3 is 14.4 Å². The van der Waals surface area contributed by atoms with E-state index in [2.05, 4.69) is 18.0 Å². The Kier molecular flexibility index (Phi) is 3.39. The minimum absolute atomic E-state index is 0.0102. The van der Waals surface area contributed by atoms with Crippen LogP contribution in [-0.4, -0.2) is 26.4 Å². The van der Waals surface area contributed by atoms with Crippen molar-refractivity contribution in [2.75, 3.05) is 4.90 Å². The van der Waals surface area contributed by atoms with Crippen LogP contribution in [0.1, 0.15) is 25.0 Å². The molecule has 3 aromatic rings. The Labute approximate surface area is 140 Å². The Morgan fingerprint density at radius 1 is 1.33 bits per heavy atom. The second-order valence-corrected chi connectivity index (χ2v) is 6.37. The third kappa shape index (κ3) is 2.29. The lowest BCUT2D eigenvalue weighted by atomic mass is 10.1. The maximum absolute atomic E-state index is 11.8. The van der Waals surface area contributed by atoms with Crippen molar-refractivity contribution in [3.05, 3.63) is 53.9 Å². The molecule has 0 saturated heterocycles. The van der Waals surface area contributed by atoms with Crippen LogP contribution in [0.2, 0.25) is 0 Å². The molecule has 1 atom stereocenters. The number of rotatable bonds is 2. The van der Waals surface area contributed by atoms with E-state index in [0.717, 1.165) is 34.6 Å². The van der Waals surface area contributed by atoms with E-state index in [1.807, 2.05) is 46.0 Å². The average Bonchev–Trinajstić information content (AvgIpc) is 3.12. The summed E-state index contributed by atoms with van der Waals surface area (Å²) in [7, 11) is 0. The first-order valence-electron chi connectivity index (χ1n) is 8.08. The lowest BCUT2D eigenvalue weighted by Gasteiger charge is -2.20. The number of aliphatic hydroxyl groups excluding tert-OH is 1. The zero-order valence-electron chi connectivity index (χ0n) is 13.7. The van der Waals surface area contributed by atoms with E-state index in [4.69, 9.17) is 0 Å². The first kappa shape index (κ1) is 14.9. The summed E-state index contributed by atoms with van der Waals surface area (Å²) in [5, 5.41) is 9.25. The van der Waals surface area contributed by atoms with Gasteiger partial charge in [-0.3, -0.25) is 4.79 Å². The summed E-state index contributed by atoms with van der Waals surface area (Å²) in [5.41, 5.74) is 5.78. The van der Waals surface area contributed by atoms with Crippen molar-refractivity contribution in [3.8, 4) is 11.3 Å². The number of pyridine rings is 1. The molecule has 1 amide bonds. The molecule has 0 spiro atoms.